The molecule has 0 saturated heterocycles. The average Bonchev–Trinajstić information content (AvgIpc) is 2.48. The minimum atomic E-state index is -4.67. The first-order valence-electron chi connectivity index (χ1n) is 6.96. The number of hydrogen-bond donors (Lipinski definition) is 1. The molecule has 0 amide bonds. The lowest BCUT2D eigenvalue weighted by atomic mass is 9.87. The quantitative estimate of drug-likeness (QED) is 0.338. The predicted octanol–water partition coefficient (Wildman–Crippen LogP) is 2.75. The zero-order valence-corrected chi connectivity index (χ0v) is 14.2. The Bertz CT molecular complexity index is 612. The van der Waals surface area contributed by atoms with Crippen molar-refractivity contribution in [1.82, 2.24) is 0 Å². The number of benzene rings is 1. The van der Waals surface area contributed by atoms with Crippen molar-refractivity contribution in [2.75, 3.05) is 6.61 Å². The molecule has 0 aliphatic carbocycles. The summed E-state index contributed by atoms with van der Waals surface area (Å²) >= 11 is 4.87. The molecule has 0 bridgehead atoms. The van der Waals surface area contributed by atoms with Crippen LogP contribution >= 0.6 is 12.2 Å². The Morgan fingerprint density at radius 3 is 2.45 bits per heavy atom. The van der Waals surface area contributed by atoms with Crippen LogP contribution in [0.4, 0.5) is 0 Å². The number of thiocarbonyl (C=S) groups is 1. The van der Waals surface area contributed by atoms with Gasteiger partial charge >= 0.3 is 5.97 Å². The maximum atomic E-state index is 12.2. The summed E-state index contributed by atoms with van der Waals surface area (Å²) in [6.07, 6.45) is 1.53. The molecule has 122 valence electrons. The van der Waals surface area contributed by atoms with Crippen molar-refractivity contribution >= 4 is 33.7 Å². The first kappa shape index (κ1) is 18.7. The SMILES string of the molecule is CCCCOC(=O)C(C)C(C=S)(c1ccccc1)S(=O)(=O)O. The zero-order chi connectivity index (χ0) is 16.8. The van der Waals surface area contributed by atoms with Crippen LogP contribution < -0.4 is 0 Å². The van der Waals surface area contributed by atoms with Crippen molar-refractivity contribution in [2.24, 2.45) is 5.92 Å². The Morgan fingerprint density at radius 2 is 2.00 bits per heavy atom. The van der Waals surface area contributed by atoms with Crippen LogP contribution in [0.3, 0.4) is 0 Å². The minimum absolute atomic E-state index is 0.202. The van der Waals surface area contributed by atoms with E-state index in [0.29, 0.717) is 6.42 Å². The maximum absolute atomic E-state index is 12.2. The van der Waals surface area contributed by atoms with Crippen LogP contribution in [0.5, 0.6) is 0 Å². The number of carbonyl (C=O) groups is 1. The summed E-state index contributed by atoms with van der Waals surface area (Å²) in [6, 6.07) is 7.94. The van der Waals surface area contributed by atoms with Gasteiger partial charge in [-0.25, -0.2) is 0 Å². The highest BCUT2D eigenvalue weighted by molar-refractivity contribution is 7.90. The molecule has 0 saturated carbocycles. The minimum Gasteiger partial charge on any atom is -0.465 e. The Labute approximate surface area is 136 Å². The van der Waals surface area contributed by atoms with E-state index in [1.165, 1.54) is 19.1 Å². The van der Waals surface area contributed by atoms with Gasteiger partial charge in [0.05, 0.1) is 12.5 Å². The molecule has 1 aromatic carbocycles. The molecule has 2 atom stereocenters. The van der Waals surface area contributed by atoms with E-state index in [-0.39, 0.29) is 12.2 Å². The highest BCUT2D eigenvalue weighted by Gasteiger charge is 2.51. The van der Waals surface area contributed by atoms with E-state index in [1.54, 1.807) is 18.2 Å². The second-order valence-electron chi connectivity index (χ2n) is 4.99. The molecule has 0 aliphatic heterocycles. The van der Waals surface area contributed by atoms with Crippen molar-refractivity contribution < 1.29 is 22.5 Å². The summed E-state index contributed by atoms with van der Waals surface area (Å²) in [5.41, 5.74) is 0.229. The Hall–Kier alpha value is -1.31. The molecule has 0 radical (unpaired) electrons. The topological polar surface area (TPSA) is 80.7 Å². The Balaban J connectivity index is 3.28. The second kappa shape index (κ2) is 7.80. The number of ether oxygens (including phenoxy) is 1. The molecule has 22 heavy (non-hydrogen) atoms. The van der Waals surface area contributed by atoms with Crippen molar-refractivity contribution in [3.63, 3.8) is 0 Å². The van der Waals surface area contributed by atoms with Crippen molar-refractivity contribution in [2.45, 2.75) is 31.4 Å². The van der Waals surface area contributed by atoms with Gasteiger partial charge in [-0.1, -0.05) is 55.9 Å². The summed E-state index contributed by atoms with van der Waals surface area (Å²) in [7, 11) is -4.67. The normalized spacial score (nSPS) is 15.6. The molecule has 0 fully saturated rings. The van der Waals surface area contributed by atoms with Crippen LogP contribution in [0.25, 0.3) is 0 Å². The third-order valence-corrected chi connectivity index (χ3v) is 5.65. The molecule has 0 aromatic heterocycles. The maximum Gasteiger partial charge on any atom is 0.311 e. The zero-order valence-electron chi connectivity index (χ0n) is 12.6. The largest absolute Gasteiger partial charge is 0.465 e. The molecular formula is C15H20O5S2. The summed E-state index contributed by atoms with van der Waals surface area (Å²) in [5.74, 6) is -1.88. The summed E-state index contributed by atoms with van der Waals surface area (Å²) in [5, 5.41) is 0.920. The molecule has 2 unspecified atom stereocenters. The summed E-state index contributed by atoms with van der Waals surface area (Å²) < 4.78 is 36.8. The molecule has 1 rings (SSSR count). The van der Waals surface area contributed by atoms with Gasteiger partial charge in [0.15, 0.2) is 4.75 Å². The highest BCUT2D eigenvalue weighted by Crippen LogP contribution is 2.37. The fourth-order valence-corrected chi connectivity index (χ4v) is 3.97. The number of hydrogen-bond acceptors (Lipinski definition) is 5. The first-order chi connectivity index (χ1) is 10.3. The summed E-state index contributed by atoms with van der Waals surface area (Å²) in [6.45, 7) is 3.53. The van der Waals surface area contributed by atoms with Crippen LogP contribution in [0, 0.1) is 5.92 Å². The lowest BCUT2D eigenvalue weighted by molar-refractivity contribution is -0.148. The number of esters is 1. The summed E-state index contributed by atoms with van der Waals surface area (Å²) in [4.78, 5) is 12.2. The molecule has 7 heteroatoms. The van der Waals surface area contributed by atoms with E-state index in [0.717, 1.165) is 11.8 Å². The van der Waals surface area contributed by atoms with Crippen LogP contribution in [0.15, 0.2) is 30.3 Å². The van der Waals surface area contributed by atoms with Crippen LogP contribution in [0.1, 0.15) is 32.3 Å². The Morgan fingerprint density at radius 1 is 1.41 bits per heavy atom. The third-order valence-electron chi connectivity index (χ3n) is 3.57. The van der Waals surface area contributed by atoms with Gasteiger partial charge in [-0.05, 0) is 18.9 Å². The highest BCUT2D eigenvalue weighted by atomic mass is 32.2. The fourth-order valence-electron chi connectivity index (χ4n) is 2.17. The van der Waals surface area contributed by atoms with E-state index in [2.05, 4.69) is 0 Å². The number of carbonyl (C=O) groups excluding carboxylic acids is 1. The van der Waals surface area contributed by atoms with E-state index in [4.69, 9.17) is 17.0 Å². The fraction of sp³-hybridized carbons (Fsp3) is 0.467. The first-order valence-corrected chi connectivity index (χ1v) is 8.88. The van der Waals surface area contributed by atoms with Gasteiger partial charge in [-0.3, -0.25) is 9.35 Å². The van der Waals surface area contributed by atoms with Crippen molar-refractivity contribution in [3.8, 4) is 0 Å². The molecule has 1 aromatic rings. The van der Waals surface area contributed by atoms with Gasteiger partial charge in [0.2, 0.25) is 0 Å². The van der Waals surface area contributed by atoms with Gasteiger partial charge in [0.1, 0.15) is 0 Å². The molecule has 0 heterocycles. The van der Waals surface area contributed by atoms with Gasteiger partial charge in [0, 0.05) is 5.37 Å². The van der Waals surface area contributed by atoms with E-state index < -0.39 is 26.8 Å². The van der Waals surface area contributed by atoms with Crippen LogP contribution in [-0.2, 0) is 24.4 Å². The van der Waals surface area contributed by atoms with Gasteiger partial charge in [-0.2, -0.15) is 8.42 Å². The average molecular weight is 344 g/mol. The van der Waals surface area contributed by atoms with Crippen LogP contribution in [-0.4, -0.2) is 30.9 Å². The van der Waals surface area contributed by atoms with Gasteiger partial charge in [-0.15, -0.1) is 0 Å². The van der Waals surface area contributed by atoms with Crippen molar-refractivity contribution in [1.29, 1.82) is 0 Å². The smallest absolute Gasteiger partial charge is 0.311 e. The lowest BCUT2D eigenvalue weighted by Gasteiger charge is -2.31. The lowest BCUT2D eigenvalue weighted by Crippen LogP contribution is -2.46. The Kier molecular flexibility index (Phi) is 6.65. The van der Waals surface area contributed by atoms with E-state index in [9.17, 15) is 17.8 Å². The molecule has 5 nitrogen and oxygen atoms in total. The van der Waals surface area contributed by atoms with Crippen molar-refractivity contribution in [3.05, 3.63) is 35.9 Å². The molecule has 0 aliphatic rings. The standard InChI is InChI=1S/C15H20O5S2/c1-3-4-10-20-14(16)12(2)15(11-21,22(17,18)19)13-8-6-5-7-9-13/h5-9,11-12H,3-4,10H2,1-2H3,(H,17,18,19). The number of rotatable bonds is 8. The predicted molar refractivity (Wildman–Crippen MR) is 88.4 cm³/mol. The van der Waals surface area contributed by atoms with Gasteiger partial charge < -0.3 is 4.74 Å². The van der Waals surface area contributed by atoms with Gasteiger partial charge in [0.25, 0.3) is 10.1 Å². The molecule has 0 spiro atoms. The van der Waals surface area contributed by atoms with E-state index >= 15 is 0 Å². The van der Waals surface area contributed by atoms with E-state index in [1.807, 2.05) is 6.92 Å². The second-order valence-corrected chi connectivity index (χ2v) is 6.86. The molecular weight excluding hydrogens is 324 g/mol. The monoisotopic (exact) mass is 344 g/mol. The number of unbranched alkanes of at least 4 members (excludes halogenated alkanes) is 1. The van der Waals surface area contributed by atoms with Crippen LogP contribution in [0.2, 0.25) is 0 Å². The molecule has 1 N–H and O–H groups in total. The third kappa shape index (κ3) is 3.71.